The lowest BCUT2D eigenvalue weighted by Gasteiger charge is -2.33. The molecule has 4 rings (SSSR count). The number of carbonyl (C=O) groups excluding carboxylic acids is 1. The van der Waals surface area contributed by atoms with Crippen LogP contribution in [0, 0.1) is 12.7 Å². The van der Waals surface area contributed by atoms with Gasteiger partial charge in [0.25, 0.3) is 5.91 Å². The van der Waals surface area contributed by atoms with Gasteiger partial charge in [0, 0.05) is 30.0 Å². The first-order valence-corrected chi connectivity index (χ1v) is 10.5. The zero-order valence-corrected chi connectivity index (χ0v) is 16.6. The second-order valence-electron chi connectivity index (χ2n) is 7.19. The van der Waals surface area contributed by atoms with Crippen molar-refractivity contribution in [1.82, 2.24) is 14.3 Å². The van der Waals surface area contributed by atoms with Gasteiger partial charge in [-0.2, -0.15) is 0 Å². The first-order chi connectivity index (χ1) is 13.1. The van der Waals surface area contributed by atoms with Crippen molar-refractivity contribution < 1.29 is 9.18 Å². The Bertz CT molecular complexity index is 954. The van der Waals surface area contributed by atoms with E-state index in [1.807, 2.05) is 22.4 Å². The molecule has 0 saturated heterocycles. The fourth-order valence-corrected chi connectivity index (χ4v) is 5.06. The third-order valence-electron chi connectivity index (χ3n) is 5.51. The van der Waals surface area contributed by atoms with Crippen LogP contribution in [0.1, 0.15) is 54.4 Å². The van der Waals surface area contributed by atoms with Crippen LogP contribution in [0.4, 0.5) is 4.39 Å². The molecular formula is C21H24FN3OS. The Hall–Kier alpha value is -2.21. The van der Waals surface area contributed by atoms with Crippen LogP contribution in [0.3, 0.4) is 0 Å². The maximum absolute atomic E-state index is 13.2. The smallest absolute Gasteiger partial charge is 0.266 e. The van der Waals surface area contributed by atoms with Gasteiger partial charge in [0.2, 0.25) is 0 Å². The van der Waals surface area contributed by atoms with Gasteiger partial charge in [-0.3, -0.25) is 9.20 Å². The molecule has 1 amide bonds. The summed E-state index contributed by atoms with van der Waals surface area (Å²) in [5.41, 5.74) is 2.59. The van der Waals surface area contributed by atoms with Gasteiger partial charge in [-0.25, -0.2) is 9.37 Å². The highest BCUT2D eigenvalue weighted by molar-refractivity contribution is 7.19. The van der Waals surface area contributed by atoms with Crippen LogP contribution in [0.15, 0.2) is 30.5 Å². The van der Waals surface area contributed by atoms with Gasteiger partial charge in [0.15, 0.2) is 4.96 Å². The van der Waals surface area contributed by atoms with E-state index in [9.17, 15) is 9.18 Å². The first-order valence-electron chi connectivity index (χ1n) is 9.64. The molecular weight excluding hydrogens is 361 g/mol. The van der Waals surface area contributed by atoms with E-state index < -0.39 is 0 Å². The van der Waals surface area contributed by atoms with E-state index in [2.05, 4.69) is 11.9 Å². The summed E-state index contributed by atoms with van der Waals surface area (Å²) in [7, 11) is 0. The first kappa shape index (κ1) is 18.2. The van der Waals surface area contributed by atoms with Gasteiger partial charge in [0.1, 0.15) is 10.7 Å². The normalized spacial score (nSPS) is 15.4. The zero-order valence-electron chi connectivity index (χ0n) is 15.7. The van der Waals surface area contributed by atoms with Gasteiger partial charge in [0.05, 0.1) is 5.69 Å². The summed E-state index contributed by atoms with van der Waals surface area (Å²) < 4.78 is 15.1. The minimum Gasteiger partial charge on any atom is -0.335 e. The summed E-state index contributed by atoms with van der Waals surface area (Å²) in [6.45, 7) is 4.78. The second-order valence-corrected chi connectivity index (χ2v) is 8.16. The molecule has 27 heavy (non-hydrogen) atoms. The van der Waals surface area contributed by atoms with Gasteiger partial charge in [-0.15, -0.1) is 0 Å². The number of carbonyl (C=O) groups is 1. The lowest BCUT2D eigenvalue weighted by Crippen LogP contribution is -2.41. The average molecular weight is 386 g/mol. The molecule has 1 aromatic carbocycles. The molecule has 2 heterocycles. The molecule has 4 nitrogen and oxygen atoms in total. The van der Waals surface area contributed by atoms with Crippen LogP contribution in [-0.4, -0.2) is 32.8 Å². The molecule has 1 fully saturated rings. The van der Waals surface area contributed by atoms with E-state index in [1.165, 1.54) is 42.7 Å². The molecule has 0 atom stereocenters. The van der Waals surface area contributed by atoms with Crippen molar-refractivity contribution in [2.75, 3.05) is 6.54 Å². The van der Waals surface area contributed by atoms with Crippen molar-refractivity contribution in [1.29, 1.82) is 0 Å². The maximum atomic E-state index is 13.2. The highest BCUT2D eigenvalue weighted by Gasteiger charge is 2.28. The Morgan fingerprint density at radius 2 is 1.96 bits per heavy atom. The third kappa shape index (κ3) is 3.38. The van der Waals surface area contributed by atoms with E-state index in [0.717, 1.165) is 46.2 Å². The van der Waals surface area contributed by atoms with Crippen LogP contribution < -0.4 is 0 Å². The van der Waals surface area contributed by atoms with Crippen molar-refractivity contribution in [3.8, 4) is 11.3 Å². The number of aryl methyl sites for hydroxylation is 1. The Morgan fingerprint density at radius 3 is 2.59 bits per heavy atom. The number of aromatic nitrogens is 2. The molecule has 142 valence electrons. The molecule has 6 heteroatoms. The number of halogens is 1. The SMILES string of the molecule is CCN(C(=O)c1sc2nc(-c3ccc(F)cc3)cn2c1C)C1CCCCC1. The van der Waals surface area contributed by atoms with Gasteiger partial charge in [-0.1, -0.05) is 30.6 Å². The Labute approximate surface area is 162 Å². The molecule has 2 aromatic heterocycles. The van der Waals surface area contributed by atoms with Crippen LogP contribution >= 0.6 is 11.3 Å². The van der Waals surface area contributed by atoms with Gasteiger partial charge < -0.3 is 4.90 Å². The quantitative estimate of drug-likeness (QED) is 0.611. The number of benzene rings is 1. The number of hydrogen-bond acceptors (Lipinski definition) is 3. The number of thiazole rings is 1. The third-order valence-corrected chi connectivity index (χ3v) is 6.65. The van der Waals surface area contributed by atoms with Crippen molar-refractivity contribution in [2.24, 2.45) is 0 Å². The molecule has 3 aromatic rings. The predicted molar refractivity (Wildman–Crippen MR) is 107 cm³/mol. The van der Waals surface area contributed by atoms with Crippen molar-refractivity contribution in [2.45, 2.75) is 52.0 Å². The number of fused-ring (bicyclic) bond motifs is 1. The molecule has 0 radical (unpaired) electrons. The summed E-state index contributed by atoms with van der Waals surface area (Å²) in [4.78, 5) is 21.5. The van der Waals surface area contributed by atoms with Crippen molar-refractivity contribution >= 4 is 22.2 Å². The topological polar surface area (TPSA) is 37.6 Å². The predicted octanol–water partition coefficient (Wildman–Crippen LogP) is 5.31. The summed E-state index contributed by atoms with van der Waals surface area (Å²) in [5.74, 6) is -0.132. The van der Waals surface area contributed by atoms with E-state index in [4.69, 9.17) is 0 Å². The molecule has 0 bridgehead atoms. The number of rotatable bonds is 4. The Morgan fingerprint density at radius 1 is 1.26 bits per heavy atom. The standard InChI is InChI=1S/C21H24FN3OS/c1-3-24(17-7-5-4-6-8-17)20(26)19-14(2)25-13-18(23-21(25)27-19)15-9-11-16(22)12-10-15/h9-13,17H,3-8H2,1-2H3. The van der Waals surface area contributed by atoms with E-state index >= 15 is 0 Å². The van der Waals surface area contributed by atoms with Crippen LogP contribution in [0.2, 0.25) is 0 Å². The number of nitrogens with zero attached hydrogens (tertiary/aromatic N) is 3. The lowest BCUT2D eigenvalue weighted by molar-refractivity contribution is 0.0652. The van der Waals surface area contributed by atoms with Crippen molar-refractivity contribution in [3.63, 3.8) is 0 Å². The summed E-state index contributed by atoms with van der Waals surface area (Å²) in [6.07, 6.45) is 7.85. The Balaban J connectivity index is 1.64. The Kier molecular flexibility index (Phi) is 5.00. The molecule has 0 unspecified atom stereocenters. The number of imidazole rings is 1. The van der Waals surface area contributed by atoms with Gasteiger partial charge in [-0.05, 0) is 51.0 Å². The lowest BCUT2D eigenvalue weighted by atomic mass is 9.94. The molecule has 1 saturated carbocycles. The molecule has 1 aliphatic rings. The van der Waals surface area contributed by atoms with E-state index in [1.54, 1.807) is 12.1 Å². The fraction of sp³-hybridized carbons (Fsp3) is 0.429. The molecule has 0 N–H and O–H groups in total. The van der Waals surface area contributed by atoms with Crippen molar-refractivity contribution in [3.05, 3.63) is 46.9 Å². The van der Waals surface area contributed by atoms with E-state index in [-0.39, 0.29) is 11.7 Å². The highest BCUT2D eigenvalue weighted by atomic mass is 32.1. The minimum absolute atomic E-state index is 0.126. The zero-order chi connectivity index (χ0) is 19.0. The number of amides is 1. The largest absolute Gasteiger partial charge is 0.335 e. The number of hydrogen-bond donors (Lipinski definition) is 0. The minimum atomic E-state index is -0.258. The maximum Gasteiger partial charge on any atom is 0.266 e. The fourth-order valence-electron chi connectivity index (χ4n) is 4.00. The summed E-state index contributed by atoms with van der Waals surface area (Å²) >= 11 is 1.44. The van der Waals surface area contributed by atoms with Crippen LogP contribution in [-0.2, 0) is 0 Å². The second kappa shape index (κ2) is 7.43. The van der Waals surface area contributed by atoms with Crippen LogP contribution in [0.5, 0.6) is 0 Å². The molecule has 0 aliphatic heterocycles. The molecule has 1 aliphatic carbocycles. The monoisotopic (exact) mass is 385 g/mol. The highest BCUT2D eigenvalue weighted by Crippen LogP contribution is 2.30. The summed E-state index contributed by atoms with van der Waals surface area (Å²) in [6, 6.07) is 6.69. The van der Waals surface area contributed by atoms with Gasteiger partial charge >= 0.3 is 0 Å². The van der Waals surface area contributed by atoms with E-state index in [0.29, 0.717) is 6.04 Å². The van der Waals surface area contributed by atoms with Crippen LogP contribution in [0.25, 0.3) is 16.2 Å². The average Bonchev–Trinajstić information content (AvgIpc) is 3.23. The molecule has 0 spiro atoms. The summed E-state index contributed by atoms with van der Waals surface area (Å²) in [5, 5.41) is 0.